The highest BCUT2D eigenvalue weighted by molar-refractivity contribution is 6.25. The van der Waals surface area contributed by atoms with E-state index in [1.54, 1.807) is 48.2 Å². The van der Waals surface area contributed by atoms with Gasteiger partial charge in [-0.1, -0.05) is 42.5 Å². The number of rotatable bonds is 4. The van der Waals surface area contributed by atoms with Crippen molar-refractivity contribution >= 4 is 34.4 Å². The molecule has 36 heavy (non-hydrogen) atoms. The van der Waals surface area contributed by atoms with Crippen LogP contribution in [-0.4, -0.2) is 34.3 Å². The van der Waals surface area contributed by atoms with E-state index in [-0.39, 0.29) is 23.6 Å². The van der Waals surface area contributed by atoms with E-state index >= 15 is 0 Å². The van der Waals surface area contributed by atoms with Gasteiger partial charge >= 0.3 is 6.03 Å². The monoisotopic (exact) mass is 482 g/mol. The number of nitrogens with one attached hydrogen (secondary N) is 2. The molecule has 6 rings (SSSR count). The predicted molar refractivity (Wildman–Crippen MR) is 133 cm³/mol. The Bertz CT molecular complexity index is 1540. The lowest BCUT2D eigenvalue weighted by atomic mass is 9.87. The van der Waals surface area contributed by atoms with Gasteiger partial charge in [0.2, 0.25) is 0 Å². The minimum atomic E-state index is -1.21. The van der Waals surface area contributed by atoms with Crippen molar-refractivity contribution in [3.8, 4) is 0 Å². The lowest BCUT2D eigenvalue weighted by Crippen LogP contribution is -2.49. The summed E-state index contributed by atoms with van der Waals surface area (Å²) >= 11 is 0. The van der Waals surface area contributed by atoms with E-state index in [0.717, 1.165) is 26.9 Å². The summed E-state index contributed by atoms with van der Waals surface area (Å²) in [6.07, 6.45) is 0.627. The summed E-state index contributed by atoms with van der Waals surface area (Å²) in [5.41, 5.74) is 2.64. The molecule has 1 atom stereocenters. The van der Waals surface area contributed by atoms with E-state index in [4.69, 9.17) is 0 Å². The van der Waals surface area contributed by atoms with E-state index < -0.39 is 23.4 Å². The van der Waals surface area contributed by atoms with Crippen molar-refractivity contribution in [2.75, 3.05) is 11.4 Å². The molecule has 2 N–H and O–H groups in total. The Labute approximate surface area is 206 Å². The van der Waals surface area contributed by atoms with Crippen LogP contribution in [-0.2, 0) is 23.3 Å². The van der Waals surface area contributed by atoms with E-state index in [1.807, 2.05) is 24.3 Å². The third-order valence-electron chi connectivity index (χ3n) is 7.22. The van der Waals surface area contributed by atoms with Gasteiger partial charge in [-0.2, -0.15) is 0 Å². The van der Waals surface area contributed by atoms with Crippen molar-refractivity contribution in [1.82, 2.24) is 15.2 Å². The average molecular weight is 483 g/mol. The number of hydrogen-bond acceptors (Lipinski definition) is 3. The number of anilines is 1. The van der Waals surface area contributed by atoms with Crippen LogP contribution < -0.4 is 10.2 Å². The number of benzene rings is 3. The predicted octanol–water partition coefficient (Wildman–Crippen LogP) is 4.48. The number of aromatic amines is 1. The largest absolute Gasteiger partial charge is 0.356 e. The fourth-order valence-electron chi connectivity index (χ4n) is 5.34. The van der Waals surface area contributed by atoms with Crippen LogP contribution in [0.5, 0.6) is 0 Å². The Morgan fingerprint density at radius 2 is 1.75 bits per heavy atom. The Balaban J connectivity index is 1.35. The summed E-state index contributed by atoms with van der Waals surface area (Å²) in [6, 6.07) is 19.8. The summed E-state index contributed by atoms with van der Waals surface area (Å²) in [7, 11) is 0. The van der Waals surface area contributed by atoms with Crippen molar-refractivity contribution in [3.63, 3.8) is 0 Å². The average Bonchev–Trinajstić information content (AvgIpc) is 3.37. The Morgan fingerprint density at radius 1 is 1.03 bits per heavy atom. The normalized spacial score (nSPS) is 18.9. The number of carbonyl (C=O) groups excluding carboxylic acids is 3. The van der Waals surface area contributed by atoms with Crippen LogP contribution in [0.3, 0.4) is 0 Å². The van der Waals surface area contributed by atoms with Crippen LogP contribution in [0.2, 0.25) is 0 Å². The highest BCUT2D eigenvalue weighted by Gasteiger charge is 2.59. The molecule has 4 amide bonds. The molecule has 0 bridgehead atoms. The third-order valence-corrected chi connectivity index (χ3v) is 7.22. The second kappa shape index (κ2) is 8.05. The number of amides is 4. The molecule has 0 radical (unpaired) electrons. The molecule has 0 spiro atoms. The summed E-state index contributed by atoms with van der Waals surface area (Å²) in [6.45, 7) is 2.33. The maximum Gasteiger partial charge on any atom is 0.332 e. The van der Waals surface area contributed by atoms with Crippen molar-refractivity contribution in [2.24, 2.45) is 0 Å². The standard InChI is InChI=1S/C28H23FN4O3/c1-28-24-20(19-6-2-4-8-22(19)31-24)14-15-32(28)27(36)33(26(28)35)23-9-5-3-7-21(23)25(34)30-16-17-10-12-18(29)13-11-17/h2-13,31H,14-16H2,1H3,(H,30,34). The van der Waals surface area contributed by atoms with Gasteiger partial charge in [0.25, 0.3) is 11.8 Å². The summed E-state index contributed by atoms with van der Waals surface area (Å²) < 4.78 is 13.2. The maximum atomic E-state index is 14.0. The summed E-state index contributed by atoms with van der Waals surface area (Å²) in [4.78, 5) is 46.8. The van der Waals surface area contributed by atoms with Gasteiger partial charge in [0.15, 0.2) is 5.54 Å². The molecule has 180 valence electrons. The fraction of sp³-hybridized carbons (Fsp3) is 0.179. The van der Waals surface area contributed by atoms with Gasteiger partial charge < -0.3 is 15.2 Å². The number of halogens is 1. The Hall–Kier alpha value is -4.46. The number of aromatic nitrogens is 1. The van der Waals surface area contributed by atoms with Gasteiger partial charge in [0.05, 0.1) is 16.9 Å². The molecule has 7 nitrogen and oxygen atoms in total. The molecule has 8 heteroatoms. The zero-order valence-electron chi connectivity index (χ0n) is 19.5. The van der Waals surface area contributed by atoms with Gasteiger partial charge in [-0.15, -0.1) is 0 Å². The van der Waals surface area contributed by atoms with Gasteiger partial charge in [0.1, 0.15) is 5.82 Å². The Kier molecular flexibility index (Phi) is 4.93. The van der Waals surface area contributed by atoms with Crippen molar-refractivity contribution in [1.29, 1.82) is 0 Å². The Morgan fingerprint density at radius 3 is 2.56 bits per heavy atom. The quantitative estimate of drug-likeness (QED) is 0.421. The van der Waals surface area contributed by atoms with Crippen LogP contribution in [0, 0.1) is 5.82 Å². The highest BCUT2D eigenvalue weighted by atomic mass is 19.1. The van der Waals surface area contributed by atoms with E-state index in [2.05, 4.69) is 10.3 Å². The number of H-pyrrole nitrogens is 1. The van der Waals surface area contributed by atoms with E-state index in [0.29, 0.717) is 18.7 Å². The lowest BCUT2D eigenvalue weighted by Gasteiger charge is -2.35. The number of imide groups is 1. The first kappa shape index (κ1) is 22.0. The zero-order chi connectivity index (χ0) is 25.0. The summed E-state index contributed by atoms with van der Waals surface area (Å²) in [5, 5.41) is 3.85. The number of urea groups is 1. The number of hydrogen-bond donors (Lipinski definition) is 2. The number of fused-ring (bicyclic) bond motifs is 5. The molecular weight excluding hydrogens is 459 g/mol. The number of nitrogens with zero attached hydrogens (tertiary/aromatic N) is 2. The molecular formula is C28H23FN4O3. The van der Waals surface area contributed by atoms with Crippen LogP contribution in [0.4, 0.5) is 14.9 Å². The molecule has 2 aliphatic heterocycles. The molecule has 0 saturated carbocycles. The third kappa shape index (κ3) is 3.14. The minimum Gasteiger partial charge on any atom is -0.356 e. The molecule has 1 aromatic heterocycles. The summed E-state index contributed by atoms with van der Waals surface area (Å²) in [5.74, 6) is -1.19. The molecule has 0 aliphatic carbocycles. The highest BCUT2D eigenvalue weighted by Crippen LogP contribution is 2.45. The van der Waals surface area contributed by atoms with Crippen LogP contribution in [0.15, 0.2) is 72.8 Å². The maximum absolute atomic E-state index is 14.0. The fourth-order valence-corrected chi connectivity index (χ4v) is 5.34. The molecule has 2 aliphatic rings. The second-order valence-corrected chi connectivity index (χ2v) is 9.25. The lowest BCUT2D eigenvalue weighted by molar-refractivity contribution is -0.125. The SMILES string of the molecule is CC12C(=O)N(c3ccccc3C(=O)NCc3ccc(F)cc3)C(=O)N1CCc1c2[nH]c2ccccc12. The van der Waals surface area contributed by atoms with Crippen molar-refractivity contribution in [3.05, 3.63) is 101 Å². The second-order valence-electron chi connectivity index (χ2n) is 9.25. The van der Waals surface area contributed by atoms with E-state index in [9.17, 15) is 18.8 Å². The molecule has 1 fully saturated rings. The smallest absolute Gasteiger partial charge is 0.332 e. The van der Waals surface area contributed by atoms with E-state index in [1.165, 1.54) is 12.1 Å². The molecule has 3 aromatic carbocycles. The van der Waals surface area contributed by atoms with Crippen LogP contribution >= 0.6 is 0 Å². The first-order valence-corrected chi connectivity index (χ1v) is 11.8. The van der Waals surface area contributed by atoms with Crippen LogP contribution in [0.1, 0.15) is 34.1 Å². The first-order chi connectivity index (χ1) is 17.4. The molecule has 1 unspecified atom stereocenters. The zero-order valence-corrected chi connectivity index (χ0v) is 19.5. The number of carbonyl (C=O) groups is 3. The molecule has 4 aromatic rings. The molecule has 1 saturated heterocycles. The first-order valence-electron chi connectivity index (χ1n) is 11.8. The molecule has 3 heterocycles. The minimum absolute atomic E-state index is 0.178. The van der Waals surface area contributed by atoms with Gasteiger partial charge in [-0.05, 0) is 54.8 Å². The van der Waals surface area contributed by atoms with Crippen molar-refractivity contribution in [2.45, 2.75) is 25.4 Å². The number of para-hydroxylation sites is 2. The van der Waals surface area contributed by atoms with Gasteiger partial charge in [-0.25, -0.2) is 14.1 Å². The topological polar surface area (TPSA) is 85.5 Å². The van der Waals surface area contributed by atoms with Gasteiger partial charge in [0, 0.05) is 24.0 Å². The van der Waals surface area contributed by atoms with Gasteiger partial charge in [-0.3, -0.25) is 9.59 Å². The van der Waals surface area contributed by atoms with Crippen LogP contribution in [0.25, 0.3) is 10.9 Å². The van der Waals surface area contributed by atoms with Crippen molar-refractivity contribution < 1.29 is 18.8 Å².